The Labute approximate surface area is 109 Å². The number of fused-ring (bicyclic) bond motifs is 2. The molecule has 0 aromatic heterocycles. The van der Waals surface area contributed by atoms with Crippen LogP contribution in [0.2, 0.25) is 0 Å². The lowest BCUT2D eigenvalue weighted by molar-refractivity contribution is 0.0661. The van der Waals surface area contributed by atoms with Crippen LogP contribution in [0.1, 0.15) is 31.2 Å². The molecule has 2 aliphatic rings. The third-order valence-corrected chi connectivity index (χ3v) is 4.52. The second kappa shape index (κ2) is 4.90. The van der Waals surface area contributed by atoms with Crippen LogP contribution in [-0.4, -0.2) is 30.1 Å². The second-order valence-corrected chi connectivity index (χ2v) is 5.61. The van der Waals surface area contributed by atoms with Gasteiger partial charge in [-0.15, -0.1) is 0 Å². The first-order chi connectivity index (χ1) is 8.76. The van der Waals surface area contributed by atoms with Gasteiger partial charge in [0.05, 0.1) is 0 Å². The van der Waals surface area contributed by atoms with Crippen LogP contribution in [0.5, 0.6) is 5.75 Å². The van der Waals surface area contributed by atoms with Gasteiger partial charge in [-0.25, -0.2) is 0 Å². The number of benzene rings is 1. The van der Waals surface area contributed by atoms with E-state index in [1.165, 1.54) is 25.7 Å². The summed E-state index contributed by atoms with van der Waals surface area (Å²) in [5.74, 6) is 0.987. The number of nitrogens with two attached hydrogens (primary N) is 1. The first kappa shape index (κ1) is 12.0. The van der Waals surface area contributed by atoms with Gasteiger partial charge in [0.2, 0.25) is 0 Å². The molecule has 0 radical (unpaired) electrons. The molecule has 98 valence electrons. The van der Waals surface area contributed by atoms with Crippen LogP contribution >= 0.6 is 0 Å². The molecule has 3 nitrogen and oxygen atoms in total. The van der Waals surface area contributed by atoms with Crippen molar-refractivity contribution in [3.05, 3.63) is 29.8 Å². The monoisotopic (exact) mass is 246 g/mol. The van der Waals surface area contributed by atoms with Gasteiger partial charge in [0.25, 0.3) is 0 Å². The Morgan fingerprint density at radius 2 is 1.78 bits per heavy atom. The zero-order chi connectivity index (χ0) is 12.5. The summed E-state index contributed by atoms with van der Waals surface area (Å²) in [5.41, 5.74) is 6.76. The predicted molar refractivity (Wildman–Crippen MR) is 72.6 cm³/mol. The molecule has 2 saturated heterocycles. The Balaban J connectivity index is 1.63. The third kappa shape index (κ3) is 2.25. The average molecular weight is 246 g/mol. The molecule has 0 saturated carbocycles. The summed E-state index contributed by atoms with van der Waals surface area (Å²) < 4.78 is 6.12. The average Bonchev–Trinajstić information content (AvgIpc) is 2.63. The lowest BCUT2D eigenvalue weighted by Crippen LogP contribution is -2.43. The molecule has 0 amide bonds. The van der Waals surface area contributed by atoms with Crippen molar-refractivity contribution in [3.63, 3.8) is 0 Å². The smallest absolute Gasteiger partial charge is 0.119 e. The molecule has 0 spiro atoms. The van der Waals surface area contributed by atoms with Crippen molar-refractivity contribution in [1.82, 2.24) is 4.90 Å². The van der Waals surface area contributed by atoms with Gasteiger partial charge >= 0.3 is 0 Å². The normalized spacial score (nSPS) is 31.6. The van der Waals surface area contributed by atoms with E-state index in [-0.39, 0.29) is 0 Å². The van der Waals surface area contributed by atoms with E-state index in [4.69, 9.17) is 10.5 Å². The summed E-state index contributed by atoms with van der Waals surface area (Å²) in [6, 6.07) is 9.66. The third-order valence-electron chi connectivity index (χ3n) is 4.52. The van der Waals surface area contributed by atoms with Gasteiger partial charge < -0.3 is 15.4 Å². The van der Waals surface area contributed by atoms with Crippen molar-refractivity contribution in [3.8, 4) is 5.75 Å². The zero-order valence-electron chi connectivity index (χ0n) is 11.0. The minimum absolute atomic E-state index is 0.391. The van der Waals surface area contributed by atoms with E-state index >= 15 is 0 Å². The Hall–Kier alpha value is -1.06. The summed E-state index contributed by atoms with van der Waals surface area (Å²) in [5, 5.41) is 0. The summed E-state index contributed by atoms with van der Waals surface area (Å²) >= 11 is 0. The van der Waals surface area contributed by atoms with Gasteiger partial charge in [-0.05, 0) is 50.4 Å². The van der Waals surface area contributed by atoms with Gasteiger partial charge in [-0.1, -0.05) is 12.1 Å². The summed E-state index contributed by atoms with van der Waals surface area (Å²) in [6.07, 6.45) is 5.42. The Morgan fingerprint density at radius 1 is 1.17 bits per heavy atom. The van der Waals surface area contributed by atoms with Crippen LogP contribution in [0.25, 0.3) is 0 Å². The van der Waals surface area contributed by atoms with Crippen LogP contribution in [0.3, 0.4) is 0 Å². The van der Waals surface area contributed by atoms with Crippen LogP contribution in [0.4, 0.5) is 0 Å². The van der Waals surface area contributed by atoms with E-state index < -0.39 is 0 Å². The lowest BCUT2D eigenvalue weighted by atomic mass is 10.0. The molecule has 3 rings (SSSR count). The molecule has 2 N–H and O–H groups in total. The van der Waals surface area contributed by atoms with Gasteiger partial charge in [-0.3, -0.25) is 0 Å². The molecule has 1 unspecified atom stereocenters. The summed E-state index contributed by atoms with van der Waals surface area (Å²) in [4.78, 5) is 2.54. The molecule has 18 heavy (non-hydrogen) atoms. The molecular formula is C15H22N2O. The van der Waals surface area contributed by atoms with E-state index in [1.54, 1.807) is 0 Å². The van der Waals surface area contributed by atoms with E-state index in [9.17, 15) is 0 Å². The molecule has 3 heteroatoms. The number of rotatable bonds is 3. The van der Waals surface area contributed by atoms with Crippen molar-refractivity contribution in [2.45, 2.75) is 50.4 Å². The van der Waals surface area contributed by atoms with Gasteiger partial charge in [0, 0.05) is 18.6 Å². The van der Waals surface area contributed by atoms with Crippen LogP contribution in [0, 0.1) is 0 Å². The fourth-order valence-electron chi connectivity index (χ4n) is 3.35. The van der Waals surface area contributed by atoms with Gasteiger partial charge in [0.1, 0.15) is 11.9 Å². The molecule has 2 bridgehead atoms. The first-order valence-electron chi connectivity index (χ1n) is 6.94. The molecule has 2 fully saturated rings. The van der Waals surface area contributed by atoms with Crippen molar-refractivity contribution in [2.75, 3.05) is 7.05 Å². The van der Waals surface area contributed by atoms with Crippen molar-refractivity contribution in [2.24, 2.45) is 5.73 Å². The van der Waals surface area contributed by atoms with Crippen LogP contribution < -0.4 is 10.5 Å². The Bertz CT molecular complexity index is 389. The SMILES string of the molecule is CN1[C@@H]2CC[C@H]1CC(Oc1ccc(CN)cc1)C2. The van der Waals surface area contributed by atoms with E-state index in [2.05, 4.69) is 24.1 Å². The second-order valence-electron chi connectivity index (χ2n) is 5.61. The molecular weight excluding hydrogens is 224 g/mol. The molecule has 1 aromatic rings. The summed E-state index contributed by atoms with van der Waals surface area (Å²) in [6.45, 7) is 0.596. The van der Waals surface area contributed by atoms with Gasteiger partial charge in [0.15, 0.2) is 0 Å². The highest BCUT2D eigenvalue weighted by Crippen LogP contribution is 2.35. The minimum atomic E-state index is 0.391. The Morgan fingerprint density at radius 3 is 2.33 bits per heavy atom. The van der Waals surface area contributed by atoms with Crippen molar-refractivity contribution in [1.29, 1.82) is 0 Å². The maximum absolute atomic E-state index is 6.12. The van der Waals surface area contributed by atoms with Crippen LogP contribution in [-0.2, 0) is 6.54 Å². The van der Waals surface area contributed by atoms with Gasteiger partial charge in [-0.2, -0.15) is 0 Å². The van der Waals surface area contributed by atoms with E-state index in [0.29, 0.717) is 12.6 Å². The molecule has 0 aliphatic carbocycles. The van der Waals surface area contributed by atoms with Crippen molar-refractivity contribution < 1.29 is 4.74 Å². The van der Waals surface area contributed by atoms with Crippen LogP contribution in [0.15, 0.2) is 24.3 Å². The lowest BCUT2D eigenvalue weighted by Gasteiger charge is -2.36. The predicted octanol–water partition coefficient (Wildman–Crippen LogP) is 2.15. The molecule has 2 aliphatic heterocycles. The zero-order valence-corrected chi connectivity index (χ0v) is 11.0. The minimum Gasteiger partial charge on any atom is -0.490 e. The first-order valence-corrected chi connectivity index (χ1v) is 6.94. The maximum Gasteiger partial charge on any atom is 0.119 e. The molecule has 2 heterocycles. The number of hydrogen-bond acceptors (Lipinski definition) is 3. The highest BCUT2D eigenvalue weighted by atomic mass is 16.5. The number of piperidine rings is 1. The van der Waals surface area contributed by atoms with Crippen molar-refractivity contribution >= 4 is 0 Å². The Kier molecular flexibility index (Phi) is 3.27. The summed E-state index contributed by atoms with van der Waals surface area (Å²) in [7, 11) is 2.26. The fourth-order valence-corrected chi connectivity index (χ4v) is 3.35. The standard InChI is InChI=1S/C15H22N2O/c1-17-12-4-5-13(17)9-15(8-12)18-14-6-2-11(10-16)3-7-14/h2-3,6-7,12-13,15H,4-5,8-10,16H2,1H3/t12-,13+,15?. The number of ether oxygens (including phenoxy) is 1. The highest BCUT2D eigenvalue weighted by Gasteiger charge is 2.39. The fraction of sp³-hybridized carbons (Fsp3) is 0.600. The van der Waals surface area contributed by atoms with E-state index in [1.807, 2.05) is 12.1 Å². The topological polar surface area (TPSA) is 38.5 Å². The highest BCUT2D eigenvalue weighted by molar-refractivity contribution is 5.27. The number of hydrogen-bond donors (Lipinski definition) is 1. The molecule has 3 atom stereocenters. The quantitative estimate of drug-likeness (QED) is 0.888. The van der Waals surface area contributed by atoms with E-state index in [0.717, 1.165) is 23.4 Å². The number of nitrogens with zero attached hydrogens (tertiary/aromatic N) is 1. The molecule has 1 aromatic carbocycles. The maximum atomic E-state index is 6.12. The largest absolute Gasteiger partial charge is 0.490 e.